The third-order valence-electron chi connectivity index (χ3n) is 6.83. The number of nitrogens with one attached hydrogen (secondary N) is 2. The van der Waals surface area contributed by atoms with E-state index in [4.69, 9.17) is 5.11 Å². The summed E-state index contributed by atoms with van der Waals surface area (Å²) >= 11 is 0. The molecule has 2 atom stereocenters. The Morgan fingerprint density at radius 1 is 1.05 bits per heavy atom. The number of hydrogen-bond donors (Lipinski definition) is 6. The van der Waals surface area contributed by atoms with Crippen LogP contribution in [0, 0.1) is 6.92 Å². The summed E-state index contributed by atoms with van der Waals surface area (Å²) < 4.78 is 1.49. The molecule has 2 heterocycles. The highest BCUT2D eigenvalue weighted by molar-refractivity contribution is 6.13. The lowest BCUT2D eigenvalue weighted by atomic mass is 10.0. The van der Waals surface area contributed by atoms with Crippen LogP contribution >= 0.6 is 0 Å². The van der Waals surface area contributed by atoms with Gasteiger partial charge >= 0.3 is 0 Å². The first-order valence-corrected chi connectivity index (χ1v) is 13.1. The number of rotatable bonds is 9. The number of amides is 1. The lowest BCUT2D eigenvalue weighted by Gasteiger charge is -2.15. The van der Waals surface area contributed by atoms with E-state index in [1.807, 2.05) is 0 Å². The topological polar surface area (TPSA) is 173 Å². The van der Waals surface area contributed by atoms with Gasteiger partial charge in [0, 0.05) is 41.0 Å². The molecule has 6 N–H and O–H groups in total. The Morgan fingerprint density at radius 2 is 1.79 bits per heavy atom. The first kappa shape index (κ1) is 28.4. The van der Waals surface area contributed by atoms with Crippen molar-refractivity contribution in [2.24, 2.45) is 12.0 Å². The summed E-state index contributed by atoms with van der Waals surface area (Å²) in [5.41, 5.74) is 4.28. The zero-order valence-corrected chi connectivity index (χ0v) is 22.8. The molecule has 1 amide bonds. The third kappa shape index (κ3) is 5.84. The molecule has 2 unspecified atom stereocenters. The minimum Gasteiger partial charge on any atom is -0.494 e. The second kappa shape index (κ2) is 11.8. The summed E-state index contributed by atoms with van der Waals surface area (Å²) in [6.45, 7) is 1.23. The molecule has 0 saturated carbocycles. The van der Waals surface area contributed by atoms with Gasteiger partial charge in [0.1, 0.15) is 17.9 Å². The second-order valence-electron chi connectivity index (χ2n) is 9.85. The second-order valence-corrected chi connectivity index (χ2v) is 9.85. The largest absolute Gasteiger partial charge is 0.494 e. The Kier molecular flexibility index (Phi) is 7.98. The van der Waals surface area contributed by atoms with Crippen molar-refractivity contribution < 1.29 is 30.0 Å². The standard InChI is InChI=1S/C31H29N5O6/c1-17-12-26(36(2)35-17)31(42)33-22-5-3-4-19(13-22)28(39)20-8-11-23-24(30(41)34-25(23)14-20)15-32-21-9-6-18(7-10-21)29(40)27(38)16-37/h3-15,27,29,34,37-38,40-41H,16H2,1-2H3,(H,33,42). The maximum atomic E-state index is 13.3. The molecule has 0 aliphatic carbocycles. The minimum absolute atomic E-state index is 0.119. The number of aromatic hydroxyl groups is 1. The van der Waals surface area contributed by atoms with E-state index in [2.05, 4.69) is 20.4 Å². The van der Waals surface area contributed by atoms with E-state index >= 15 is 0 Å². The number of aromatic amines is 1. The quantitative estimate of drug-likeness (QED) is 0.117. The molecule has 0 aliphatic heterocycles. The van der Waals surface area contributed by atoms with Crippen molar-refractivity contribution in [1.29, 1.82) is 0 Å². The van der Waals surface area contributed by atoms with Gasteiger partial charge in [0.25, 0.3) is 5.91 Å². The summed E-state index contributed by atoms with van der Waals surface area (Å²) in [7, 11) is 1.69. The van der Waals surface area contributed by atoms with E-state index in [0.717, 1.165) is 5.69 Å². The van der Waals surface area contributed by atoms with E-state index in [0.29, 0.717) is 50.2 Å². The van der Waals surface area contributed by atoms with E-state index in [1.165, 1.54) is 10.9 Å². The molecule has 0 fully saturated rings. The van der Waals surface area contributed by atoms with Crippen molar-refractivity contribution in [3.63, 3.8) is 0 Å². The van der Waals surface area contributed by atoms with E-state index in [-0.39, 0.29) is 17.6 Å². The van der Waals surface area contributed by atoms with Crippen LogP contribution in [-0.4, -0.2) is 65.8 Å². The fraction of sp³-hybridized carbons (Fsp3) is 0.161. The van der Waals surface area contributed by atoms with Crippen molar-refractivity contribution in [2.45, 2.75) is 19.1 Å². The fourth-order valence-corrected chi connectivity index (χ4v) is 4.62. The number of ketones is 1. The maximum Gasteiger partial charge on any atom is 0.273 e. The Labute approximate surface area is 240 Å². The van der Waals surface area contributed by atoms with Crippen molar-refractivity contribution in [3.8, 4) is 5.88 Å². The van der Waals surface area contributed by atoms with Crippen LogP contribution < -0.4 is 5.32 Å². The van der Waals surface area contributed by atoms with Crippen LogP contribution in [0.2, 0.25) is 0 Å². The molecule has 11 nitrogen and oxygen atoms in total. The number of nitrogens with zero attached hydrogens (tertiary/aromatic N) is 3. The predicted octanol–water partition coefficient (Wildman–Crippen LogP) is 3.54. The van der Waals surface area contributed by atoms with E-state index in [9.17, 15) is 24.9 Å². The fourth-order valence-electron chi connectivity index (χ4n) is 4.62. The monoisotopic (exact) mass is 567 g/mol. The van der Waals surface area contributed by atoms with Gasteiger partial charge in [-0.25, -0.2) is 0 Å². The van der Waals surface area contributed by atoms with E-state index < -0.39 is 18.8 Å². The summed E-state index contributed by atoms with van der Waals surface area (Å²) in [5.74, 6) is -0.719. The van der Waals surface area contributed by atoms with Gasteiger partial charge in [-0.15, -0.1) is 0 Å². The van der Waals surface area contributed by atoms with E-state index in [1.54, 1.807) is 86.8 Å². The summed E-state index contributed by atoms with van der Waals surface area (Å²) in [6, 6.07) is 19.8. The van der Waals surface area contributed by atoms with Crippen molar-refractivity contribution >= 4 is 40.2 Å². The molecule has 0 radical (unpaired) electrons. The molecule has 0 spiro atoms. The van der Waals surface area contributed by atoms with Gasteiger partial charge < -0.3 is 30.7 Å². The number of aliphatic hydroxyl groups excluding tert-OH is 3. The Bertz CT molecular complexity index is 1800. The average molecular weight is 568 g/mol. The van der Waals surface area contributed by atoms with Crippen LogP contribution in [0.15, 0.2) is 77.8 Å². The number of carbonyl (C=O) groups is 2. The molecule has 3 aromatic carbocycles. The molecule has 5 aromatic rings. The molecular weight excluding hydrogens is 538 g/mol. The molecule has 0 saturated heterocycles. The van der Waals surface area contributed by atoms with Crippen molar-refractivity contribution in [2.75, 3.05) is 11.9 Å². The van der Waals surface area contributed by atoms with Gasteiger partial charge in [0.2, 0.25) is 0 Å². The predicted molar refractivity (Wildman–Crippen MR) is 157 cm³/mol. The number of carbonyl (C=O) groups excluding carboxylic acids is 2. The minimum atomic E-state index is -1.29. The number of H-pyrrole nitrogens is 1. The average Bonchev–Trinajstić information content (AvgIpc) is 3.51. The third-order valence-corrected chi connectivity index (χ3v) is 6.83. The van der Waals surface area contributed by atoms with Crippen LogP contribution in [0.4, 0.5) is 11.4 Å². The Hall–Kier alpha value is -5.10. The number of aliphatic imine (C=N–C) groups is 1. The Balaban J connectivity index is 1.33. The lowest BCUT2D eigenvalue weighted by molar-refractivity contribution is -0.0152. The number of fused-ring (bicyclic) bond motifs is 1. The first-order valence-electron chi connectivity index (χ1n) is 13.1. The Morgan fingerprint density at radius 3 is 2.48 bits per heavy atom. The molecule has 5 rings (SSSR count). The zero-order chi connectivity index (χ0) is 30.0. The van der Waals surface area contributed by atoms with Crippen LogP contribution in [0.3, 0.4) is 0 Å². The van der Waals surface area contributed by atoms with Crippen LogP contribution in [0.25, 0.3) is 10.9 Å². The number of benzene rings is 3. The van der Waals surface area contributed by atoms with Crippen molar-refractivity contribution in [3.05, 3.63) is 106 Å². The maximum absolute atomic E-state index is 13.3. The molecule has 214 valence electrons. The van der Waals surface area contributed by atoms with Crippen LogP contribution in [0.1, 0.15) is 49.3 Å². The number of aliphatic hydroxyl groups is 3. The number of hydrogen-bond acceptors (Lipinski definition) is 8. The van der Waals surface area contributed by atoms with Gasteiger partial charge in [-0.05, 0) is 48.9 Å². The highest BCUT2D eigenvalue weighted by atomic mass is 16.4. The molecule has 11 heteroatoms. The number of anilines is 1. The van der Waals surface area contributed by atoms with Gasteiger partial charge in [-0.3, -0.25) is 19.3 Å². The van der Waals surface area contributed by atoms with Gasteiger partial charge in [-0.1, -0.05) is 36.4 Å². The SMILES string of the molecule is Cc1cc(C(=O)Nc2cccc(C(=O)c3ccc4c(C=Nc5ccc(C(O)C(O)CO)cc5)c(O)[nH]c4c3)c2)n(C)n1. The van der Waals surface area contributed by atoms with Crippen LogP contribution in [-0.2, 0) is 7.05 Å². The number of aryl methyl sites for hydroxylation is 2. The molecule has 0 aliphatic rings. The highest BCUT2D eigenvalue weighted by Crippen LogP contribution is 2.29. The highest BCUT2D eigenvalue weighted by Gasteiger charge is 2.18. The normalized spacial score (nSPS) is 13.0. The van der Waals surface area contributed by atoms with Crippen LogP contribution in [0.5, 0.6) is 5.88 Å². The zero-order valence-electron chi connectivity index (χ0n) is 22.8. The summed E-state index contributed by atoms with van der Waals surface area (Å²) in [4.78, 5) is 33.3. The molecular formula is C31H29N5O6. The smallest absolute Gasteiger partial charge is 0.273 e. The summed E-state index contributed by atoms with van der Waals surface area (Å²) in [5, 5.41) is 46.8. The molecule has 0 bridgehead atoms. The molecule has 2 aromatic heterocycles. The first-order chi connectivity index (χ1) is 20.1. The van der Waals surface area contributed by atoms with Gasteiger partial charge in [-0.2, -0.15) is 5.10 Å². The number of aromatic nitrogens is 3. The van der Waals surface area contributed by atoms with Crippen molar-refractivity contribution in [1.82, 2.24) is 14.8 Å². The molecule has 42 heavy (non-hydrogen) atoms. The lowest BCUT2D eigenvalue weighted by Crippen LogP contribution is -2.21. The van der Waals surface area contributed by atoms with Gasteiger partial charge in [0.15, 0.2) is 11.7 Å². The van der Waals surface area contributed by atoms with Gasteiger partial charge in [0.05, 0.1) is 23.6 Å². The summed E-state index contributed by atoms with van der Waals surface area (Å²) in [6.07, 6.45) is -1.02.